The maximum Gasteiger partial charge on any atom is 0.143 e. The van der Waals surface area contributed by atoms with Gasteiger partial charge in [-0.05, 0) is 48.4 Å². The Balaban J connectivity index is 2.26. The van der Waals surface area contributed by atoms with Crippen LogP contribution in [0, 0.1) is 23.2 Å². The normalized spacial score (nSPS) is 12.9. The van der Waals surface area contributed by atoms with Crippen LogP contribution in [0.5, 0.6) is 11.5 Å². The van der Waals surface area contributed by atoms with Gasteiger partial charge < -0.3 is 15.2 Å². The van der Waals surface area contributed by atoms with E-state index in [1.54, 1.807) is 0 Å². The van der Waals surface area contributed by atoms with Gasteiger partial charge in [-0.25, -0.2) is 0 Å². The number of ether oxygens (including phenoxy) is 2. The maximum absolute atomic E-state index is 9.05. The molecule has 2 aromatic carbocycles. The predicted octanol–water partition coefficient (Wildman–Crippen LogP) is 8.50. The molecule has 2 unspecified atom stereocenters. The van der Waals surface area contributed by atoms with Gasteiger partial charge in [0.05, 0.1) is 30.5 Å². The minimum Gasteiger partial charge on any atom is -0.493 e. The standard InChI is InChI=1S/C31H44N2O2/c1-5-9-11-24(7-3)22-34-30-20-29(33)31(35-23-25(8-4)12-10-6-2)19-28(30)18-17-26-13-15-27(21-32)16-14-26/h13-20,24-25H,5-12,22-23,33H2,1-4H3. The van der Waals surface area contributed by atoms with E-state index >= 15 is 0 Å². The van der Waals surface area contributed by atoms with E-state index in [9.17, 15) is 0 Å². The molecule has 2 aromatic rings. The second-order valence-electron chi connectivity index (χ2n) is 9.45. The lowest BCUT2D eigenvalue weighted by atomic mass is 10.0. The van der Waals surface area contributed by atoms with E-state index in [-0.39, 0.29) is 0 Å². The van der Waals surface area contributed by atoms with Gasteiger partial charge in [-0.15, -0.1) is 0 Å². The van der Waals surface area contributed by atoms with Crippen molar-refractivity contribution in [3.8, 4) is 17.6 Å². The summed E-state index contributed by atoms with van der Waals surface area (Å²) in [5.74, 6) is 2.57. The first-order valence-electron chi connectivity index (χ1n) is 13.4. The second kappa shape index (κ2) is 15.9. The van der Waals surface area contributed by atoms with Crippen LogP contribution in [0.4, 0.5) is 5.69 Å². The molecule has 0 spiro atoms. The van der Waals surface area contributed by atoms with Crippen LogP contribution in [0.15, 0.2) is 36.4 Å². The summed E-state index contributed by atoms with van der Waals surface area (Å²) in [6, 6.07) is 13.6. The summed E-state index contributed by atoms with van der Waals surface area (Å²) in [5, 5.41) is 9.05. The maximum atomic E-state index is 9.05. The van der Waals surface area contributed by atoms with E-state index in [0.717, 1.165) is 29.7 Å². The van der Waals surface area contributed by atoms with Gasteiger partial charge in [0.25, 0.3) is 0 Å². The van der Waals surface area contributed by atoms with Crippen LogP contribution in [0.2, 0.25) is 0 Å². The summed E-state index contributed by atoms with van der Waals surface area (Å²) in [5.41, 5.74) is 9.66. The van der Waals surface area contributed by atoms with Gasteiger partial charge in [-0.2, -0.15) is 5.26 Å². The van der Waals surface area contributed by atoms with E-state index in [2.05, 4.69) is 33.8 Å². The number of nitrogens with zero attached hydrogens (tertiary/aromatic N) is 1. The average molecular weight is 477 g/mol. The van der Waals surface area contributed by atoms with Crippen molar-refractivity contribution in [2.75, 3.05) is 18.9 Å². The molecule has 35 heavy (non-hydrogen) atoms. The lowest BCUT2D eigenvalue weighted by Crippen LogP contribution is -2.13. The SMILES string of the molecule is CCCCC(CC)COc1cc(C=Cc2ccc(C#N)cc2)c(OCC(CC)CCCC)cc1N. The fourth-order valence-electron chi connectivity index (χ4n) is 4.04. The minimum atomic E-state index is 0.534. The molecule has 0 saturated heterocycles. The highest BCUT2D eigenvalue weighted by atomic mass is 16.5. The van der Waals surface area contributed by atoms with Crippen molar-refractivity contribution in [1.29, 1.82) is 5.26 Å². The Kier molecular flexibility index (Phi) is 12.8. The molecule has 2 atom stereocenters. The van der Waals surface area contributed by atoms with E-state index in [4.69, 9.17) is 20.5 Å². The molecular weight excluding hydrogens is 432 g/mol. The monoisotopic (exact) mass is 476 g/mol. The second-order valence-corrected chi connectivity index (χ2v) is 9.45. The highest BCUT2D eigenvalue weighted by molar-refractivity contribution is 5.76. The summed E-state index contributed by atoms with van der Waals surface area (Å²) in [7, 11) is 0. The molecule has 0 bridgehead atoms. The number of benzene rings is 2. The lowest BCUT2D eigenvalue weighted by Gasteiger charge is -2.20. The third-order valence-corrected chi connectivity index (χ3v) is 6.67. The van der Waals surface area contributed by atoms with E-state index < -0.39 is 0 Å². The van der Waals surface area contributed by atoms with E-state index in [1.165, 1.54) is 38.5 Å². The van der Waals surface area contributed by atoms with Crippen molar-refractivity contribution in [3.05, 3.63) is 53.1 Å². The zero-order chi connectivity index (χ0) is 25.5. The zero-order valence-corrected chi connectivity index (χ0v) is 22.2. The molecule has 0 aromatic heterocycles. The van der Waals surface area contributed by atoms with Gasteiger partial charge in [-0.3, -0.25) is 0 Å². The largest absolute Gasteiger partial charge is 0.493 e. The van der Waals surface area contributed by atoms with Crippen LogP contribution in [0.3, 0.4) is 0 Å². The van der Waals surface area contributed by atoms with Crippen LogP contribution in [-0.2, 0) is 0 Å². The number of rotatable bonds is 16. The van der Waals surface area contributed by atoms with Gasteiger partial charge in [0.15, 0.2) is 0 Å². The number of hydrogen-bond donors (Lipinski definition) is 1. The van der Waals surface area contributed by atoms with Crippen molar-refractivity contribution >= 4 is 17.8 Å². The molecule has 0 aliphatic heterocycles. The smallest absolute Gasteiger partial charge is 0.143 e. The van der Waals surface area contributed by atoms with Crippen molar-refractivity contribution in [1.82, 2.24) is 0 Å². The quantitative estimate of drug-likeness (QED) is 0.195. The van der Waals surface area contributed by atoms with E-state index in [0.29, 0.717) is 42.0 Å². The average Bonchev–Trinajstić information content (AvgIpc) is 2.89. The van der Waals surface area contributed by atoms with Crippen molar-refractivity contribution < 1.29 is 9.47 Å². The Labute approximate surface area is 213 Å². The van der Waals surface area contributed by atoms with Gasteiger partial charge in [0, 0.05) is 11.6 Å². The molecule has 4 nitrogen and oxygen atoms in total. The summed E-state index contributed by atoms with van der Waals surface area (Å²) < 4.78 is 12.5. The summed E-state index contributed by atoms with van der Waals surface area (Å²) in [4.78, 5) is 0. The summed E-state index contributed by atoms with van der Waals surface area (Å²) >= 11 is 0. The fraction of sp³-hybridized carbons (Fsp3) is 0.516. The highest BCUT2D eigenvalue weighted by Gasteiger charge is 2.14. The summed E-state index contributed by atoms with van der Waals surface area (Å²) in [6.07, 6.45) is 13.5. The molecule has 2 N–H and O–H groups in total. The molecule has 2 rings (SSSR count). The van der Waals surface area contributed by atoms with Crippen molar-refractivity contribution in [2.45, 2.75) is 79.1 Å². The number of anilines is 1. The molecule has 0 saturated carbocycles. The lowest BCUT2D eigenvalue weighted by molar-refractivity contribution is 0.228. The molecule has 0 amide bonds. The van der Waals surface area contributed by atoms with Crippen molar-refractivity contribution in [2.24, 2.45) is 11.8 Å². The number of hydrogen-bond acceptors (Lipinski definition) is 4. The van der Waals surface area contributed by atoms with Crippen LogP contribution in [-0.4, -0.2) is 13.2 Å². The molecule has 4 heteroatoms. The first kappa shape index (κ1) is 28.3. The van der Waals surface area contributed by atoms with Crippen LogP contribution in [0.1, 0.15) is 95.8 Å². The topological polar surface area (TPSA) is 68.3 Å². The fourth-order valence-corrected chi connectivity index (χ4v) is 4.04. The van der Waals surface area contributed by atoms with Crippen LogP contribution in [0.25, 0.3) is 12.2 Å². The zero-order valence-electron chi connectivity index (χ0n) is 22.2. The Morgan fingerprint density at radius 3 is 1.91 bits per heavy atom. The van der Waals surface area contributed by atoms with Gasteiger partial charge in [0.2, 0.25) is 0 Å². The molecular formula is C31H44N2O2. The molecule has 0 radical (unpaired) electrons. The van der Waals surface area contributed by atoms with E-state index in [1.807, 2.05) is 48.6 Å². The molecule has 190 valence electrons. The Bertz CT molecular complexity index is 944. The van der Waals surface area contributed by atoms with Crippen molar-refractivity contribution in [3.63, 3.8) is 0 Å². The summed E-state index contributed by atoms with van der Waals surface area (Å²) in [6.45, 7) is 10.3. The number of nitrogen functional groups attached to an aromatic ring is 1. The molecule has 0 aliphatic carbocycles. The van der Waals surface area contributed by atoms with Gasteiger partial charge >= 0.3 is 0 Å². The van der Waals surface area contributed by atoms with Gasteiger partial charge in [-0.1, -0.05) is 90.5 Å². The first-order valence-corrected chi connectivity index (χ1v) is 13.4. The third kappa shape index (κ3) is 9.68. The Morgan fingerprint density at radius 1 is 0.829 bits per heavy atom. The molecule has 0 fully saturated rings. The van der Waals surface area contributed by atoms with Gasteiger partial charge in [0.1, 0.15) is 11.5 Å². The molecule has 0 heterocycles. The Morgan fingerprint density at radius 2 is 1.40 bits per heavy atom. The molecule has 0 aliphatic rings. The number of unbranched alkanes of at least 4 members (excludes halogenated alkanes) is 2. The first-order chi connectivity index (χ1) is 17.0. The highest BCUT2D eigenvalue weighted by Crippen LogP contribution is 2.34. The minimum absolute atomic E-state index is 0.534. The third-order valence-electron chi connectivity index (χ3n) is 6.67. The number of nitrogens with two attached hydrogens (primary N) is 1. The van der Waals surface area contributed by atoms with Crippen LogP contribution >= 0.6 is 0 Å². The predicted molar refractivity (Wildman–Crippen MR) is 149 cm³/mol. The van der Waals surface area contributed by atoms with Crippen LogP contribution < -0.4 is 15.2 Å². The number of nitriles is 1. The Hall–Kier alpha value is -2.93.